The van der Waals surface area contributed by atoms with Gasteiger partial charge in [0, 0.05) is 61.9 Å². The Labute approximate surface area is 236 Å². The summed E-state index contributed by atoms with van der Waals surface area (Å²) in [5.74, 6) is 0.840. The summed E-state index contributed by atoms with van der Waals surface area (Å²) >= 11 is 1.66. The van der Waals surface area contributed by atoms with Crippen LogP contribution in [0.3, 0.4) is 0 Å². The highest BCUT2D eigenvalue weighted by molar-refractivity contribution is 7.14. The van der Waals surface area contributed by atoms with Crippen LogP contribution in [-0.4, -0.2) is 74.9 Å². The van der Waals surface area contributed by atoms with E-state index in [1.165, 1.54) is 5.69 Å². The Morgan fingerprint density at radius 2 is 1.65 bits per heavy atom. The Bertz CT molecular complexity index is 1680. The van der Waals surface area contributed by atoms with Gasteiger partial charge in [0.15, 0.2) is 10.8 Å². The van der Waals surface area contributed by atoms with Crippen LogP contribution in [0.2, 0.25) is 0 Å². The van der Waals surface area contributed by atoms with Crippen molar-refractivity contribution in [2.45, 2.75) is 25.8 Å². The molecule has 9 nitrogen and oxygen atoms in total. The molecule has 204 valence electrons. The highest BCUT2D eigenvalue weighted by Gasteiger charge is 2.32. The van der Waals surface area contributed by atoms with Crippen molar-refractivity contribution in [3.05, 3.63) is 82.4 Å². The van der Waals surface area contributed by atoms with E-state index in [2.05, 4.69) is 68.3 Å². The Morgan fingerprint density at radius 1 is 0.900 bits per heavy atom. The number of rotatable bonds is 6. The SMILES string of the molecule is CC(C)N1CCN(c2ccc(-c3csc(N4CC(c5nc6c(cnn6-c6ccccc6)c(=O)[nH]5)C4)n3)cc2)CC1. The number of H-pyrrole nitrogens is 1. The van der Waals surface area contributed by atoms with Crippen LogP contribution in [0, 0.1) is 0 Å². The summed E-state index contributed by atoms with van der Waals surface area (Å²) in [5.41, 5.74) is 4.73. The van der Waals surface area contributed by atoms with Crippen LogP contribution in [0.4, 0.5) is 10.8 Å². The highest BCUT2D eigenvalue weighted by atomic mass is 32.1. The lowest BCUT2D eigenvalue weighted by Crippen LogP contribution is -2.48. The second kappa shape index (κ2) is 10.2. The fraction of sp³-hybridized carbons (Fsp3) is 0.333. The van der Waals surface area contributed by atoms with Crippen LogP contribution in [0.15, 0.2) is 71.0 Å². The first-order valence-electron chi connectivity index (χ1n) is 13.9. The van der Waals surface area contributed by atoms with Crippen molar-refractivity contribution in [3.63, 3.8) is 0 Å². The van der Waals surface area contributed by atoms with Crippen LogP contribution >= 0.6 is 11.3 Å². The van der Waals surface area contributed by atoms with E-state index in [0.717, 1.165) is 61.3 Å². The zero-order chi connectivity index (χ0) is 27.2. The van der Waals surface area contributed by atoms with Crippen molar-refractivity contribution in [2.24, 2.45) is 0 Å². The second-order valence-electron chi connectivity index (χ2n) is 10.9. The molecule has 0 spiro atoms. The molecular formula is C30H32N8OS. The third-order valence-corrected chi connectivity index (χ3v) is 8.96. The number of aromatic amines is 1. The largest absolute Gasteiger partial charge is 0.369 e. The number of nitrogens with one attached hydrogen (secondary N) is 1. The molecule has 2 aliphatic rings. The minimum Gasteiger partial charge on any atom is -0.369 e. The molecule has 1 N–H and O–H groups in total. The van der Waals surface area contributed by atoms with Gasteiger partial charge in [-0.25, -0.2) is 14.6 Å². The topological polar surface area (TPSA) is 86.2 Å². The third-order valence-electron chi connectivity index (χ3n) is 8.06. The van der Waals surface area contributed by atoms with Gasteiger partial charge in [0.05, 0.1) is 23.5 Å². The highest BCUT2D eigenvalue weighted by Crippen LogP contribution is 2.35. The maximum Gasteiger partial charge on any atom is 0.262 e. The maximum absolute atomic E-state index is 12.8. The van der Waals surface area contributed by atoms with Crippen molar-refractivity contribution >= 4 is 33.2 Å². The summed E-state index contributed by atoms with van der Waals surface area (Å²) in [6.07, 6.45) is 1.58. The molecule has 7 rings (SSSR count). The molecule has 40 heavy (non-hydrogen) atoms. The quantitative estimate of drug-likeness (QED) is 0.335. The van der Waals surface area contributed by atoms with Crippen molar-refractivity contribution in [1.82, 2.24) is 29.6 Å². The monoisotopic (exact) mass is 552 g/mol. The molecule has 10 heteroatoms. The van der Waals surface area contributed by atoms with Gasteiger partial charge in [-0.05, 0) is 38.1 Å². The number of fused-ring (bicyclic) bond motifs is 1. The molecular weight excluding hydrogens is 520 g/mol. The molecule has 2 aromatic carbocycles. The van der Waals surface area contributed by atoms with Gasteiger partial charge in [-0.1, -0.05) is 30.3 Å². The molecule has 0 amide bonds. The Balaban J connectivity index is 1.02. The minimum atomic E-state index is -0.151. The molecule has 0 aliphatic carbocycles. The fourth-order valence-corrected chi connectivity index (χ4v) is 6.43. The molecule has 2 aliphatic heterocycles. The first kappa shape index (κ1) is 25.0. The lowest BCUT2D eigenvalue weighted by Gasteiger charge is -2.38. The summed E-state index contributed by atoms with van der Waals surface area (Å²) in [7, 11) is 0. The number of aromatic nitrogens is 5. The van der Waals surface area contributed by atoms with Gasteiger partial charge in [-0.15, -0.1) is 11.3 Å². The summed E-state index contributed by atoms with van der Waals surface area (Å²) in [6, 6.07) is 19.2. The third kappa shape index (κ3) is 4.56. The van der Waals surface area contributed by atoms with Crippen molar-refractivity contribution < 1.29 is 0 Å². The van der Waals surface area contributed by atoms with Gasteiger partial charge < -0.3 is 14.8 Å². The molecule has 3 aromatic heterocycles. The molecule has 5 aromatic rings. The van der Waals surface area contributed by atoms with Crippen LogP contribution in [0.1, 0.15) is 25.6 Å². The standard InChI is InChI=1S/C30H32N8OS/c1-20(2)35-12-14-36(15-13-35)23-10-8-21(9-11-23)26-19-40-30(32-26)37-17-22(18-37)27-33-28-25(29(39)34-27)16-31-38(28)24-6-4-3-5-7-24/h3-11,16,19-20,22H,12-15,17-18H2,1-2H3,(H,33,34,39). The lowest BCUT2D eigenvalue weighted by atomic mass is 10.00. The number of thiazole rings is 1. The summed E-state index contributed by atoms with van der Waals surface area (Å²) in [5, 5.41) is 8.04. The Morgan fingerprint density at radius 3 is 2.38 bits per heavy atom. The van der Waals surface area contributed by atoms with Crippen LogP contribution < -0.4 is 15.4 Å². The Kier molecular flexibility index (Phi) is 6.36. The second-order valence-corrected chi connectivity index (χ2v) is 11.7. The molecule has 0 bridgehead atoms. The minimum absolute atomic E-state index is 0.138. The van der Waals surface area contributed by atoms with E-state index in [9.17, 15) is 4.79 Å². The number of piperazine rings is 1. The number of anilines is 2. The molecule has 0 atom stereocenters. The van der Waals surface area contributed by atoms with E-state index in [1.54, 1.807) is 22.2 Å². The normalized spacial score (nSPS) is 16.7. The summed E-state index contributed by atoms with van der Waals surface area (Å²) in [4.78, 5) is 32.8. The van der Waals surface area contributed by atoms with Gasteiger partial charge >= 0.3 is 0 Å². The lowest BCUT2D eigenvalue weighted by molar-refractivity contribution is 0.209. The maximum atomic E-state index is 12.8. The Hall–Kier alpha value is -4.02. The van der Waals surface area contributed by atoms with E-state index in [4.69, 9.17) is 9.97 Å². The smallest absolute Gasteiger partial charge is 0.262 e. The average Bonchev–Trinajstić information content (AvgIpc) is 3.61. The van der Waals surface area contributed by atoms with Crippen LogP contribution in [0.25, 0.3) is 28.0 Å². The average molecular weight is 553 g/mol. The van der Waals surface area contributed by atoms with Gasteiger partial charge in [0.25, 0.3) is 5.56 Å². The number of benzene rings is 2. The van der Waals surface area contributed by atoms with Crippen LogP contribution in [-0.2, 0) is 0 Å². The predicted molar refractivity (Wildman–Crippen MR) is 161 cm³/mol. The van der Waals surface area contributed by atoms with Gasteiger partial charge in [-0.3, -0.25) is 9.69 Å². The first-order valence-corrected chi connectivity index (χ1v) is 14.7. The van der Waals surface area contributed by atoms with Gasteiger partial charge in [0.1, 0.15) is 11.2 Å². The first-order chi connectivity index (χ1) is 19.5. The van der Waals surface area contributed by atoms with Crippen molar-refractivity contribution in [3.8, 4) is 16.9 Å². The molecule has 0 radical (unpaired) electrons. The van der Waals surface area contributed by atoms with Crippen LogP contribution in [0.5, 0.6) is 0 Å². The van der Waals surface area contributed by atoms with Gasteiger partial charge in [-0.2, -0.15) is 5.10 Å². The summed E-state index contributed by atoms with van der Waals surface area (Å²) in [6.45, 7) is 10.4. The van der Waals surface area contributed by atoms with Gasteiger partial charge in [0.2, 0.25) is 0 Å². The number of hydrogen-bond acceptors (Lipinski definition) is 8. The number of nitrogens with zero attached hydrogens (tertiary/aromatic N) is 7. The fourth-order valence-electron chi connectivity index (χ4n) is 5.58. The van der Waals surface area contributed by atoms with E-state index in [1.807, 2.05) is 30.3 Å². The van der Waals surface area contributed by atoms with E-state index in [0.29, 0.717) is 22.9 Å². The molecule has 0 unspecified atom stereocenters. The molecule has 2 saturated heterocycles. The predicted octanol–water partition coefficient (Wildman–Crippen LogP) is 4.37. The van der Waals surface area contributed by atoms with E-state index >= 15 is 0 Å². The van der Waals surface area contributed by atoms with Crippen molar-refractivity contribution in [1.29, 1.82) is 0 Å². The molecule has 5 heterocycles. The van der Waals surface area contributed by atoms with Crippen molar-refractivity contribution in [2.75, 3.05) is 49.1 Å². The summed E-state index contributed by atoms with van der Waals surface area (Å²) < 4.78 is 1.73. The zero-order valence-electron chi connectivity index (χ0n) is 22.7. The van der Waals surface area contributed by atoms with E-state index in [-0.39, 0.29) is 11.5 Å². The molecule has 2 fully saturated rings. The molecule has 0 saturated carbocycles. The number of hydrogen-bond donors (Lipinski definition) is 1. The zero-order valence-corrected chi connectivity index (χ0v) is 23.5. The number of para-hydroxylation sites is 1. The van der Waals surface area contributed by atoms with E-state index < -0.39 is 0 Å².